The largest absolute Gasteiger partial charge is 0.457 e. The third-order valence-electron chi connectivity index (χ3n) is 3.94. The summed E-state index contributed by atoms with van der Waals surface area (Å²) >= 11 is 3.40. The van der Waals surface area contributed by atoms with Crippen LogP contribution in [0.1, 0.15) is 18.9 Å². The number of imidazole rings is 1. The zero-order valence-corrected chi connectivity index (χ0v) is 15.0. The molecule has 0 spiro atoms. The molecule has 0 aliphatic heterocycles. The van der Waals surface area contributed by atoms with Crippen molar-refractivity contribution < 1.29 is 9.84 Å². The Morgan fingerprint density at radius 2 is 1.71 bits per heavy atom. The van der Waals surface area contributed by atoms with Crippen molar-refractivity contribution in [2.75, 3.05) is 0 Å². The van der Waals surface area contributed by atoms with Gasteiger partial charge in [0.1, 0.15) is 11.5 Å². The Balaban J connectivity index is 1.65. The van der Waals surface area contributed by atoms with Crippen LogP contribution >= 0.6 is 15.9 Å². The maximum atomic E-state index is 10.7. The van der Waals surface area contributed by atoms with E-state index in [0.717, 1.165) is 21.5 Å². The van der Waals surface area contributed by atoms with E-state index < -0.39 is 5.60 Å². The molecule has 1 heterocycles. The minimum Gasteiger partial charge on any atom is -0.457 e. The molecule has 0 amide bonds. The van der Waals surface area contributed by atoms with Crippen molar-refractivity contribution in [1.29, 1.82) is 0 Å². The van der Waals surface area contributed by atoms with Crippen molar-refractivity contribution >= 4 is 15.9 Å². The summed E-state index contributed by atoms with van der Waals surface area (Å²) < 4.78 is 8.78. The summed E-state index contributed by atoms with van der Waals surface area (Å²) in [5, 5.41) is 10.7. The lowest BCUT2D eigenvalue weighted by molar-refractivity contribution is 0.0430. The van der Waals surface area contributed by atoms with Crippen LogP contribution in [0.25, 0.3) is 0 Å². The first-order valence-electron chi connectivity index (χ1n) is 7.75. The molecule has 0 aliphatic carbocycles. The van der Waals surface area contributed by atoms with Crippen LogP contribution < -0.4 is 4.74 Å². The van der Waals surface area contributed by atoms with Gasteiger partial charge in [-0.25, -0.2) is 4.98 Å². The summed E-state index contributed by atoms with van der Waals surface area (Å²) in [6, 6.07) is 15.2. The Kier molecular flexibility index (Phi) is 5.02. The predicted molar refractivity (Wildman–Crippen MR) is 97.1 cm³/mol. The van der Waals surface area contributed by atoms with Gasteiger partial charge in [0.2, 0.25) is 0 Å². The molecule has 24 heavy (non-hydrogen) atoms. The molecule has 5 heteroatoms. The normalized spacial score (nSPS) is 13.5. The van der Waals surface area contributed by atoms with Gasteiger partial charge in [-0.15, -0.1) is 0 Å². The number of halogens is 1. The molecule has 0 aliphatic rings. The Bertz CT molecular complexity index is 766. The third kappa shape index (κ3) is 4.24. The van der Waals surface area contributed by atoms with Crippen LogP contribution in [0.3, 0.4) is 0 Å². The maximum Gasteiger partial charge on any atom is 0.127 e. The van der Waals surface area contributed by atoms with Gasteiger partial charge in [0.25, 0.3) is 0 Å². The Hall–Kier alpha value is -2.11. The zero-order chi connectivity index (χ0) is 17.0. The van der Waals surface area contributed by atoms with Gasteiger partial charge in [0.05, 0.1) is 11.9 Å². The number of nitrogens with zero attached hydrogens (tertiary/aromatic N) is 2. The van der Waals surface area contributed by atoms with Crippen molar-refractivity contribution in [1.82, 2.24) is 9.55 Å². The van der Waals surface area contributed by atoms with Crippen molar-refractivity contribution in [2.24, 2.45) is 0 Å². The van der Waals surface area contributed by atoms with Gasteiger partial charge in [-0.2, -0.15) is 0 Å². The topological polar surface area (TPSA) is 47.3 Å². The van der Waals surface area contributed by atoms with Crippen LogP contribution in [-0.4, -0.2) is 14.7 Å². The van der Waals surface area contributed by atoms with E-state index in [-0.39, 0.29) is 0 Å². The highest BCUT2D eigenvalue weighted by atomic mass is 79.9. The Morgan fingerprint density at radius 3 is 2.29 bits per heavy atom. The second-order valence-electron chi connectivity index (χ2n) is 5.90. The number of hydrogen-bond donors (Lipinski definition) is 1. The first-order chi connectivity index (χ1) is 11.5. The monoisotopic (exact) mass is 386 g/mol. The summed E-state index contributed by atoms with van der Waals surface area (Å²) in [5.74, 6) is 1.52. The highest BCUT2D eigenvalue weighted by Gasteiger charge is 2.22. The van der Waals surface area contributed by atoms with Crippen molar-refractivity contribution in [3.8, 4) is 11.5 Å². The molecule has 2 aromatic carbocycles. The van der Waals surface area contributed by atoms with Crippen LogP contribution in [0.5, 0.6) is 11.5 Å². The number of aryl methyl sites for hydroxylation is 1. The quantitative estimate of drug-likeness (QED) is 0.665. The highest BCUT2D eigenvalue weighted by molar-refractivity contribution is 9.10. The number of ether oxygens (including phenoxy) is 1. The summed E-state index contributed by atoms with van der Waals surface area (Å²) in [6.07, 6.45) is 6.00. The number of rotatable bonds is 6. The summed E-state index contributed by atoms with van der Waals surface area (Å²) in [6.45, 7) is 2.54. The number of aromatic nitrogens is 2. The summed E-state index contributed by atoms with van der Waals surface area (Å²) in [5.41, 5.74) is -0.0359. The SMILES string of the molecule is CC(O)(CCn1ccnc1)c1ccc(Oc2ccc(Br)cc2)cc1. The van der Waals surface area contributed by atoms with Crippen molar-refractivity contribution in [2.45, 2.75) is 25.5 Å². The van der Waals surface area contributed by atoms with Gasteiger partial charge in [0.15, 0.2) is 0 Å². The van der Waals surface area contributed by atoms with E-state index in [0.29, 0.717) is 13.0 Å². The molecule has 0 radical (unpaired) electrons. The van der Waals surface area contributed by atoms with Gasteiger partial charge < -0.3 is 14.4 Å². The fourth-order valence-electron chi connectivity index (χ4n) is 2.43. The first kappa shape index (κ1) is 16.7. The average Bonchev–Trinajstić information content (AvgIpc) is 3.09. The lowest BCUT2D eigenvalue weighted by Crippen LogP contribution is -2.23. The molecule has 3 rings (SSSR count). The van der Waals surface area contributed by atoms with Crippen molar-refractivity contribution in [3.05, 3.63) is 77.3 Å². The molecule has 3 aromatic rings. The third-order valence-corrected chi connectivity index (χ3v) is 4.47. The lowest BCUT2D eigenvalue weighted by atomic mass is 9.92. The highest BCUT2D eigenvalue weighted by Crippen LogP contribution is 2.29. The van der Waals surface area contributed by atoms with E-state index in [1.54, 1.807) is 12.5 Å². The molecule has 0 fully saturated rings. The van der Waals surface area contributed by atoms with E-state index in [1.165, 1.54) is 0 Å². The minimum atomic E-state index is -0.902. The van der Waals surface area contributed by atoms with Crippen LogP contribution in [0, 0.1) is 0 Å². The molecule has 1 N–H and O–H groups in total. The molecular weight excluding hydrogens is 368 g/mol. The minimum absolute atomic E-state index is 0.607. The van der Waals surface area contributed by atoms with Gasteiger partial charge in [-0.3, -0.25) is 0 Å². The van der Waals surface area contributed by atoms with Gasteiger partial charge in [-0.05, 0) is 55.3 Å². The van der Waals surface area contributed by atoms with E-state index in [2.05, 4.69) is 20.9 Å². The molecule has 1 atom stereocenters. The van der Waals surface area contributed by atoms with E-state index in [9.17, 15) is 5.11 Å². The molecule has 1 unspecified atom stereocenters. The average molecular weight is 387 g/mol. The van der Waals surface area contributed by atoms with Crippen LogP contribution in [0.4, 0.5) is 0 Å². The fraction of sp³-hybridized carbons (Fsp3) is 0.211. The van der Waals surface area contributed by atoms with Crippen molar-refractivity contribution in [3.63, 3.8) is 0 Å². The van der Waals surface area contributed by atoms with Gasteiger partial charge in [0, 0.05) is 23.4 Å². The Morgan fingerprint density at radius 1 is 1.08 bits per heavy atom. The second-order valence-corrected chi connectivity index (χ2v) is 6.82. The number of benzene rings is 2. The molecule has 1 aromatic heterocycles. The van der Waals surface area contributed by atoms with E-state index >= 15 is 0 Å². The summed E-state index contributed by atoms with van der Waals surface area (Å²) in [4.78, 5) is 4.01. The number of aliphatic hydroxyl groups is 1. The molecule has 0 saturated heterocycles. The smallest absolute Gasteiger partial charge is 0.127 e. The van der Waals surface area contributed by atoms with Gasteiger partial charge in [-0.1, -0.05) is 28.1 Å². The van der Waals surface area contributed by atoms with E-state index in [4.69, 9.17) is 4.74 Å². The number of hydrogen-bond acceptors (Lipinski definition) is 3. The molecule has 124 valence electrons. The second kappa shape index (κ2) is 7.20. The van der Waals surface area contributed by atoms with E-state index in [1.807, 2.05) is 66.2 Å². The first-order valence-corrected chi connectivity index (χ1v) is 8.54. The van der Waals surface area contributed by atoms with Crippen LogP contribution in [0.15, 0.2) is 71.7 Å². The maximum absolute atomic E-state index is 10.7. The molecule has 0 bridgehead atoms. The zero-order valence-electron chi connectivity index (χ0n) is 13.4. The predicted octanol–water partition coefficient (Wildman–Crippen LogP) is 4.74. The molecule has 0 saturated carbocycles. The Labute approximate surface area is 149 Å². The summed E-state index contributed by atoms with van der Waals surface area (Å²) in [7, 11) is 0. The standard InChI is InChI=1S/C19H19BrN2O2/c1-19(23,10-12-22-13-11-21-14-22)15-2-6-17(7-3-15)24-18-8-4-16(20)5-9-18/h2-9,11,13-14,23H,10,12H2,1H3. The van der Waals surface area contributed by atoms with Gasteiger partial charge >= 0.3 is 0 Å². The molecule has 4 nitrogen and oxygen atoms in total. The van der Waals surface area contributed by atoms with Crippen LogP contribution in [0.2, 0.25) is 0 Å². The lowest BCUT2D eigenvalue weighted by Gasteiger charge is -2.24. The molecular formula is C19H19BrN2O2. The van der Waals surface area contributed by atoms with Crippen LogP contribution in [-0.2, 0) is 12.1 Å². The fourth-order valence-corrected chi connectivity index (χ4v) is 2.70.